The number of aliphatic hydroxyl groups excluding tert-OH is 2. The maximum absolute atomic E-state index is 10.9. The number of rotatable bonds is 6. The highest BCUT2D eigenvalue weighted by Crippen LogP contribution is 2.45. The number of aliphatic hydroxyl groups is 2. The molecule has 0 aromatic heterocycles. The molecule has 0 saturated carbocycles. The van der Waals surface area contributed by atoms with E-state index in [0.717, 1.165) is 37.8 Å². The lowest BCUT2D eigenvalue weighted by Gasteiger charge is -2.37. The van der Waals surface area contributed by atoms with E-state index in [1.54, 1.807) is 30.1 Å². The summed E-state index contributed by atoms with van der Waals surface area (Å²) >= 11 is 3.70. The Labute approximate surface area is 236 Å². The second-order valence-electron chi connectivity index (χ2n) is 8.14. The van der Waals surface area contributed by atoms with Crippen LogP contribution in [-0.4, -0.2) is 47.9 Å². The summed E-state index contributed by atoms with van der Waals surface area (Å²) in [4.78, 5) is 1.30. The molecule has 204 valence electrons. The summed E-state index contributed by atoms with van der Waals surface area (Å²) in [5, 5.41) is 22.4. The third-order valence-electron chi connectivity index (χ3n) is 5.64. The molecule has 1 unspecified atom stereocenters. The van der Waals surface area contributed by atoms with Gasteiger partial charge in [0.25, 0.3) is 0 Å². The summed E-state index contributed by atoms with van der Waals surface area (Å²) < 4.78 is 4.22. The SMILES string of the molecule is CC.CCCCC1(CCCC)CSc2ccc(N)cc2C[C@H]1O.CO.COI.C[SH+]1=CC=CC=C1. The second-order valence-corrected chi connectivity index (χ2v) is 12.0. The van der Waals surface area contributed by atoms with E-state index in [1.165, 1.54) is 36.1 Å². The van der Waals surface area contributed by atoms with E-state index >= 15 is 0 Å². The van der Waals surface area contributed by atoms with Crippen LogP contribution in [0.4, 0.5) is 5.69 Å². The largest absolute Gasteiger partial charge is 0.400 e. The first-order valence-electron chi connectivity index (χ1n) is 12.6. The number of thiol groups is 1. The highest BCUT2D eigenvalue weighted by atomic mass is 127. The number of fused-ring (bicyclic) bond motifs is 1. The number of nitrogen functional groups attached to an aromatic ring is 1. The Balaban J connectivity index is 0. The number of unbranched alkanes of at least 4 members (excludes halogenated alkanes) is 2. The summed E-state index contributed by atoms with van der Waals surface area (Å²) in [5.74, 6) is 1.03. The summed E-state index contributed by atoms with van der Waals surface area (Å²) in [6.45, 7) is 8.47. The Hall–Kier alpha value is -0.320. The van der Waals surface area contributed by atoms with E-state index in [0.29, 0.717) is 0 Å². The van der Waals surface area contributed by atoms with Gasteiger partial charge in [-0.15, -0.1) is 22.2 Å². The average molecular weight is 641 g/mol. The fourth-order valence-corrected chi connectivity index (χ4v) is 6.04. The summed E-state index contributed by atoms with van der Waals surface area (Å²) in [6, 6.07) is 6.14. The van der Waals surface area contributed by atoms with Crippen LogP contribution in [0.15, 0.2) is 46.7 Å². The monoisotopic (exact) mass is 640 g/mol. The number of halogens is 1. The van der Waals surface area contributed by atoms with Crippen LogP contribution in [0, 0.1) is 5.41 Å². The Kier molecular flexibility index (Phi) is 25.3. The van der Waals surface area contributed by atoms with Crippen LogP contribution in [-0.2, 0) is 20.0 Å². The number of hydrogen-bond acceptors (Lipinski definition) is 5. The van der Waals surface area contributed by atoms with Crippen molar-refractivity contribution in [2.75, 3.05) is 32.0 Å². The lowest BCUT2D eigenvalue weighted by molar-refractivity contribution is 0.0259. The van der Waals surface area contributed by atoms with Gasteiger partial charge in [0.1, 0.15) is 23.0 Å². The van der Waals surface area contributed by atoms with Crippen LogP contribution in [0.25, 0.3) is 0 Å². The quantitative estimate of drug-likeness (QED) is 0.102. The molecule has 2 atom stereocenters. The van der Waals surface area contributed by atoms with E-state index in [9.17, 15) is 5.11 Å². The number of hydrogen-bond donors (Lipinski definition) is 3. The molecule has 4 N–H and O–H groups in total. The molecule has 0 amide bonds. The van der Waals surface area contributed by atoms with E-state index < -0.39 is 0 Å². The third kappa shape index (κ3) is 15.5. The molecule has 1 aromatic carbocycles. The molecular formula is C28H51INO3S2+. The van der Waals surface area contributed by atoms with E-state index in [4.69, 9.17) is 10.8 Å². The van der Waals surface area contributed by atoms with Gasteiger partial charge in [-0.1, -0.05) is 59.5 Å². The average Bonchev–Trinajstić information content (AvgIpc) is 3.01. The molecule has 2 aliphatic rings. The number of anilines is 1. The van der Waals surface area contributed by atoms with Gasteiger partial charge in [-0.3, -0.25) is 0 Å². The summed E-state index contributed by atoms with van der Waals surface area (Å²) in [6.07, 6.45) is 16.1. The van der Waals surface area contributed by atoms with Crippen molar-refractivity contribution in [1.82, 2.24) is 0 Å². The van der Waals surface area contributed by atoms with Gasteiger partial charge in [-0.2, -0.15) is 0 Å². The first kappa shape index (κ1) is 36.8. The van der Waals surface area contributed by atoms with Crippen LogP contribution in [0.2, 0.25) is 0 Å². The normalized spacial score (nSPS) is 18.8. The predicted octanol–water partition coefficient (Wildman–Crippen LogP) is 7.11. The van der Waals surface area contributed by atoms with E-state index in [-0.39, 0.29) is 22.0 Å². The van der Waals surface area contributed by atoms with Crippen molar-refractivity contribution in [2.24, 2.45) is 5.41 Å². The summed E-state index contributed by atoms with van der Waals surface area (Å²) in [7, 11) is 2.73. The first-order chi connectivity index (χ1) is 16.9. The van der Waals surface area contributed by atoms with E-state index in [2.05, 4.69) is 58.2 Å². The number of thioether (sulfide) groups is 1. The minimum Gasteiger partial charge on any atom is -0.400 e. The maximum Gasteiger partial charge on any atom is 0.109 e. The maximum atomic E-state index is 10.9. The smallest absolute Gasteiger partial charge is 0.109 e. The molecule has 4 nitrogen and oxygen atoms in total. The van der Waals surface area contributed by atoms with Crippen LogP contribution in [0.5, 0.6) is 0 Å². The molecule has 1 aromatic rings. The highest BCUT2D eigenvalue weighted by Gasteiger charge is 2.39. The van der Waals surface area contributed by atoms with Crippen molar-refractivity contribution in [2.45, 2.75) is 83.6 Å². The number of allylic oxidation sites excluding steroid dienone is 3. The van der Waals surface area contributed by atoms with Crippen LogP contribution in [0.1, 0.15) is 71.8 Å². The fourth-order valence-electron chi connectivity index (χ4n) is 3.79. The minimum atomic E-state index is -0.244. The molecule has 2 aliphatic heterocycles. The zero-order valence-electron chi connectivity index (χ0n) is 23.0. The lowest BCUT2D eigenvalue weighted by atomic mass is 9.73. The number of nitrogens with two attached hydrogens (primary N) is 1. The van der Waals surface area contributed by atoms with Gasteiger partial charge in [0.2, 0.25) is 0 Å². The molecule has 0 bridgehead atoms. The van der Waals surface area contributed by atoms with Crippen LogP contribution < -0.4 is 5.73 Å². The van der Waals surface area contributed by atoms with Gasteiger partial charge in [-0.05, 0) is 48.8 Å². The van der Waals surface area contributed by atoms with Gasteiger partial charge in [0, 0.05) is 42.4 Å². The Morgan fingerprint density at radius 2 is 1.69 bits per heavy atom. The molecule has 0 spiro atoms. The molecule has 0 fully saturated rings. The van der Waals surface area contributed by atoms with Gasteiger partial charge < -0.3 is 19.0 Å². The molecule has 0 saturated heterocycles. The minimum absolute atomic E-state index is 0.0739. The molecule has 2 heterocycles. The van der Waals surface area contributed by atoms with Crippen molar-refractivity contribution >= 4 is 56.3 Å². The third-order valence-corrected chi connectivity index (χ3v) is 8.35. The molecule has 0 radical (unpaired) electrons. The zero-order valence-corrected chi connectivity index (χ0v) is 26.8. The topological polar surface area (TPSA) is 75.7 Å². The van der Waals surface area contributed by atoms with Crippen molar-refractivity contribution in [3.8, 4) is 0 Å². The number of benzene rings is 1. The standard InChI is InChI=1S/C18H29NOS.C6H8S.C2H6.CH3IO.CH4O/c1-3-5-9-18(10-6-4-2)13-21-16-8-7-15(19)11-14(16)12-17(18)20;1-7-5-3-2-4-6-7;1-2;1-3-2;1-2/h7-8,11,17,20H,3-6,9-10,12-13,19H2,1-2H3;2-6H,1H3;1-2H3;1H3;2H,1H3/p+1/t17-;;;;/m1..../s1. The Bertz CT molecular complexity index is 731. The second kappa shape index (κ2) is 24.0. The van der Waals surface area contributed by atoms with Crippen LogP contribution in [0.3, 0.4) is 0 Å². The predicted molar refractivity (Wildman–Crippen MR) is 172 cm³/mol. The van der Waals surface area contributed by atoms with Crippen molar-refractivity contribution in [3.63, 3.8) is 0 Å². The first-order valence-corrected chi connectivity index (χ1v) is 16.4. The highest BCUT2D eigenvalue weighted by molar-refractivity contribution is 14.1. The van der Waals surface area contributed by atoms with Crippen molar-refractivity contribution < 1.29 is 13.3 Å². The molecule has 7 heteroatoms. The van der Waals surface area contributed by atoms with Gasteiger partial charge in [0.15, 0.2) is 0 Å². The zero-order chi connectivity index (χ0) is 27.1. The summed E-state index contributed by atoms with van der Waals surface area (Å²) in [5.41, 5.74) is 8.02. The molecular weight excluding hydrogens is 589 g/mol. The van der Waals surface area contributed by atoms with Gasteiger partial charge in [-0.25, -0.2) is 0 Å². The molecule has 3 rings (SSSR count). The van der Waals surface area contributed by atoms with Crippen molar-refractivity contribution in [3.05, 3.63) is 47.4 Å². The molecule has 0 aliphatic carbocycles. The van der Waals surface area contributed by atoms with Crippen LogP contribution >= 0.6 is 34.8 Å². The van der Waals surface area contributed by atoms with Gasteiger partial charge >= 0.3 is 0 Å². The Morgan fingerprint density at radius 3 is 2.11 bits per heavy atom. The van der Waals surface area contributed by atoms with Gasteiger partial charge in [0.05, 0.1) is 23.1 Å². The molecule has 35 heavy (non-hydrogen) atoms. The fraction of sp³-hybridized carbons (Fsp3) is 0.607. The lowest BCUT2D eigenvalue weighted by Crippen LogP contribution is -2.38. The Morgan fingerprint density at radius 1 is 1.11 bits per heavy atom. The van der Waals surface area contributed by atoms with Crippen molar-refractivity contribution in [1.29, 1.82) is 0 Å². The van der Waals surface area contributed by atoms with E-state index in [1.807, 2.05) is 37.7 Å².